The lowest BCUT2D eigenvalue weighted by Crippen LogP contribution is -1.93. The molecule has 12 aromatic rings. The van der Waals surface area contributed by atoms with E-state index in [0.29, 0.717) is 0 Å². The normalized spacial score (nSPS) is 11.9. The van der Waals surface area contributed by atoms with Crippen LogP contribution in [-0.2, 0) is 0 Å². The third kappa shape index (κ3) is 5.06. The maximum atomic E-state index is 6.80. The number of pyridine rings is 1. The molecule has 0 fully saturated rings. The van der Waals surface area contributed by atoms with Crippen molar-refractivity contribution in [3.63, 3.8) is 0 Å². The van der Waals surface area contributed by atoms with Crippen LogP contribution in [0.5, 0.6) is 0 Å². The van der Waals surface area contributed by atoms with E-state index in [1.807, 2.05) is 12.3 Å². The molecule has 10 aromatic carbocycles. The lowest BCUT2D eigenvalue weighted by Gasteiger charge is -2.20. The van der Waals surface area contributed by atoms with E-state index in [-0.39, 0.29) is 0 Å². The zero-order valence-electron chi connectivity index (χ0n) is 33.1. The van der Waals surface area contributed by atoms with Crippen LogP contribution in [0.2, 0.25) is 0 Å². The minimum atomic E-state index is 0.884. The number of hydrogen-bond donors (Lipinski definition) is 0. The molecule has 0 saturated carbocycles. The van der Waals surface area contributed by atoms with E-state index in [1.165, 1.54) is 88.0 Å². The third-order valence-corrected chi connectivity index (χ3v) is 12.9. The van der Waals surface area contributed by atoms with Gasteiger partial charge in [0.15, 0.2) is 0 Å². The minimum absolute atomic E-state index is 0.884. The van der Waals surface area contributed by atoms with Crippen molar-refractivity contribution in [1.29, 1.82) is 0 Å². The molecular weight excluding hydrogens is 739 g/mol. The van der Waals surface area contributed by atoms with Gasteiger partial charge in [-0.05, 0) is 112 Å². The van der Waals surface area contributed by atoms with Crippen molar-refractivity contribution in [3.8, 4) is 77.9 Å². The first kappa shape index (κ1) is 33.9. The van der Waals surface area contributed by atoms with Gasteiger partial charge in [-0.15, -0.1) is 0 Å². The second-order valence-electron chi connectivity index (χ2n) is 16.2. The molecule has 282 valence electrons. The van der Waals surface area contributed by atoms with Gasteiger partial charge in [-0.2, -0.15) is 0 Å². The van der Waals surface area contributed by atoms with Gasteiger partial charge in [0.2, 0.25) is 0 Å². The molecule has 0 spiro atoms. The molecule has 0 aliphatic heterocycles. The molecule has 2 heterocycles. The number of nitrogens with zero attached hydrogens (tertiary/aromatic N) is 1. The second kappa shape index (κ2) is 13.2. The number of rotatable bonds is 5. The van der Waals surface area contributed by atoms with Gasteiger partial charge in [0.05, 0.1) is 0 Å². The summed E-state index contributed by atoms with van der Waals surface area (Å²) in [4.78, 5) is 4.38. The standard InChI is InChI=1S/C59H35NO/c1-3-13-37(14-4-1)53-47-18-7-8-19-48(47)54(38-15-5-2-6-16-38)57-52-31-30-43(46-22-11-25-51(55(46)52)56(53)57)39-28-26-36-27-29-40(34-42(36)33-39)44-20-9-23-49-50-24-10-21-45(59(50)61-58(44)49)41-17-12-32-60-35-41/h1-35H. The van der Waals surface area contributed by atoms with Gasteiger partial charge in [-0.25, -0.2) is 0 Å². The first-order valence-electron chi connectivity index (χ1n) is 20.9. The quantitative estimate of drug-likeness (QED) is 0.174. The number of para-hydroxylation sites is 2. The molecule has 2 aromatic heterocycles. The van der Waals surface area contributed by atoms with Gasteiger partial charge in [0.1, 0.15) is 11.2 Å². The molecule has 1 aliphatic rings. The Hall–Kier alpha value is -8.07. The van der Waals surface area contributed by atoms with Gasteiger partial charge < -0.3 is 4.42 Å². The van der Waals surface area contributed by atoms with E-state index in [9.17, 15) is 0 Å². The Balaban J connectivity index is 0.998. The van der Waals surface area contributed by atoms with Crippen molar-refractivity contribution in [2.24, 2.45) is 0 Å². The van der Waals surface area contributed by atoms with E-state index < -0.39 is 0 Å². The van der Waals surface area contributed by atoms with Gasteiger partial charge >= 0.3 is 0 Å². The zero-order chi connectivity index (χ0) is 40.0. The van der Waals surface area contributed by atoms with Gasteiger partial charge in [0, 0.05) is 39.9 Å². The smallest absolute Gasteiger partial charge is 0.143 e. The molecule has 0 bridgehead atoms. The number of aromatic nitrogens is 1. The van der Waals surface area contributed by atoms with Crippen molar-refractivity contribution in [1.82, 2.24) is 4.98 Å². The highest BCUT2D eigenvalue weighted by Gasteiger charge is 2.31. The van der Waals surface area contributed by atoms with Gasteiger partial charge in [-0.3, -0.25) is 4.98 Å². The largest absolute Gasteiger partial charge is 0.455 e. The van der Waals surface area contributed by atoms with Crippen LogP contribution in [0.25, 0.3) is 132 Å². The monoisotopic (exact) mass is 773 g/mol. The zero-order valence-corrected chi connectivity index (χ0v) is 33.1. The first-order chi connectivity index (χ1) is 30.3. The van der Waals surface area contributed by atoms with E-state index >= 15 is 0 Å². The second-order valence-corrected chi connectivity index (χ2v) is 16.2. The minimum Gasteiger partial charge on any atom is -0.455 e. The molecule has 0 amide bonds. The summed E-state index contributed by atoms with van der Waals surface area (Å²) in [5.41, 5.74) is 18.8. The SMILES string of the molecule is c1ccc(-c2c3c(c(-c4ccccc4)c4ccccc24)-c2ccc(-c4ccc5ccc(-c6cccc7c6oc6c(-c8cccnc8)cccc67)cc5c4)c4cccc-3c24)cc1. The van der Waals surface area contributed by atoms with Crippen LogP contribution < -0.4 is 0 Å². The van der Waals surface area contributed by atoms with Gasteiger partial charge in [0.25, 0.3) is 0 Å². The Morgan fingerprint density at radius 3 is 1.39 bits per heavy atom. The Kier molecular flexibility index (Phi) is 7.34. The summed E-state index contributed by atoms with van der Waals surface area (Å²) in [6, 6.07) is 73.1. The van der Waals surface area contributed by atoms with Crippen molar-refractivity contribution < 1.29 is 4.42 Å². The molecule has 0 unspecified atom stereocenters. The maximum Gasteiger partial charge on any atom is 0.143 e. The summed E-state index contributed by atoms with van der Waals surface area (Å²) in [6.07, 6.45) is 3.71. The van der Waals surface area contributed by atoms with Crippen molar-refractivity contribution in [3.05, 3.63) is 213 Å². The Morgan fingerprint density at radius 1 is 0.295 bits per heavy atom. The first-order valence-corrected chi connectivity index (χ1v) is 20.9. The number of benzene rings is 10. The third-order valence-electron chi connectivity index (χ3n) is 12.9. The summed E-state index contributed by atoms with van der Waals surface area (Å²) in [6.45, 7) is 0. The van der Waals surface area contributed by atoms with Crippen LogP contribution in [0.3, 0.4) is 0 Å². The van der Waals surface area contributed by atoms with E-state index in [2.05, 4.69) is 199 Å². The highest BCUT2D eigenvalue weighted by Crippen LogP contribution is 2.58. The topological polar surface area (TPSA) is 26.0 Å². The van der Waals surface area contributed by atoms with Gasteiger partial charge in [-0.1, -0.05) is 182 Å². The van der Waals surface area contributed by atoms with E-state index in [0.717, 1.165) is 44.2 Å². The van der Waals surface area contributed by atoms with Crippen LogP contribution in [0.4, 0.5) is 0 Å². The average Bonchev–Trinajstić information content (AvgIpc) is 3.88. The number of hydrogen-bond acceptors (Lipinski definition) is 2. The maximum absolute atomic E-state index is 6.80. The van der Waals surface area contributed by atoms with Crippen LogP contribution in [0.15, 0.2) is 217 Å². The molecular formula is C59H35NO. The molecule has 0 saturated heterocycles. The lowest BCUT2D eigenvalue weighted by molar-refractivity contribution is 0.671. The molecule has 61 heavy (non-hydrogen) atoms. The summed E-state index contributed by atoms with van der Waals surface area (Å²) < 4.78 is 6.80. The fourth-order valence-electron chi connectivity index (χ4n) is 10.2. The molecule has 1 aliphatic carbocycles. The summed E-state index contributed by atoms with van der Waals surface area (Å²) in [7, 11) is 0. The Labute approximate surface area is 352 Å². The number of fused-ring (bicyclic) bond motifs is 8. The van der Waals surface area contributed by atoms with Crippen molar-refractivity contribution >= 4 is 54.3 Å². The molecule has 2 nitrogen and oxygen atoms in total. The lowest BCUT2D eigenvalue weighted by atomic mass is 9.82. The fraction of sp³-hybridized carbons (Fsp3) is 0. The summed E-state index contributed by atoms with van der Waals surface area (Å²) >= 11 is 0. The summed E-state index contributed by atoms with van der Waals surface area (Å²) in [5.74, 6) is 0. The van der Waals surface area contributed by atoms with E-state index in [4.69, 9.17) is 4.42 Å². The van der Waals surface area contributed by atoms with Crippen molar-refractivity contribution in [2.45, 2.75) is 0 Å². The molecule has 0 radical (unpaired) electrons. The highest BCUT2D eigenvalue weighted by atomic mass is 16.3. The highest BCUT2D eigenvalue weighted by molar-refractivity contribution is 6.29. The summed E-state index contributed by atoms with van der Waals surface area (Å²) in [5, 5.41) is 9.73. The molecule has 2 heteroatoms. The van der Waals surface area contributed by atoms with Crippen LogP contribution in [0.1, 0.15) is 0 Å². The van der Waals surface area contributed by atoms with Crippen LogP contribution >= 0.6 is 0 Å². The molecule has 13 rings (SSSR count). The Bertz CT molecular complexity index is 3640. The van der Waals surface area contributed by atoms with Crippen LogP contribution in [0, 0.1) is 0 Å². The fourth-order valence-corrected chi connectivity index (χ4v) is 10.2. The predicted octanol–water partition coefficient (Wildman–Crippen LogP) is 16.4. The van der Waals surface area contributed by atoms with Crippen molar-refractivity contribution in [2.75, 3.05) is 0 Å². The van der Waals surface area contributed by atoms with E-state index in [1.54, 1.807) is 6.20 Å². The number of furan rings is 1. The molecule has 0 atom stereocenters. The predicted molar refractivity (Wildman–Crippen MR) is 256 cm³/mol. The molecule has 0 N–H and O–H groups in total. The average molecular weight is 774 g/mol. The van der Waals surface area contributed by atoms with Crippen LogP contribution in [-0.4, -0.2) is 4.98 Å². The Morgan fingerprint density at radius 2 is 0.787 bits per heavy atom.